The van der Waals surface area contributed by atoms with Crippen molar-refractivity contribution in [1.29, 1.82) is 0 Å². The average molecular weight is 212 g/mol. The second-order valence-electron chi connectivity index (χ2n) is 3.22. The van der Waals surface area contributed by atoms with E-state index in [1.807, 2.05) is 31.6 Å². The minimum atomic E-state index is 0.383. The van der Waals surface area contributed by atoms with E-state index in [1.54, 1.807) is 0 Å². The van der Waals surface area contributed by atoms with Gasteiger partial charge in [0.25, 0.3) is 0 Å². The number of hydrogen-bond donors (Lipinski definition) is 0. The lowest BCUT2D eigenvalue weighted by molar-refractivity contribution is 0.107. The molecule has 0 aliphatic heterocycles. The highest BCUT2D eigenvalue weighted by Crippen LogP contribution is 2.11. The predicted octanol–water partition coefficient (Wildman–Crippen LogP) is 3.21. The maximum Gasteiger partial charge on any atom is 0.0750 e. The summed E-state index contributed by atoms with van der Waals surface area (Å²) in [6, 6.07) is 0.383. The van der Waals surface area contributed by atoms with Crippen LogP contribution in [-0.2, 0) is 4.74 Å². The first kappa shape index (κ1) is 14.2. The molecule has 0 saturated heterocycles. The van der Waals surface area contributed by atoms with Gasteiger partial charge in [-0.15, -0.1) is 0 Å². The van der Waals surface area contributed by atoms with Crippen LogP contribution in [-0.4, -0.2) is 23.0 Å². The Hall–Kier alpha value is -0.830. The molecular weight excluding hydrogens is 188 g/mol. The van der Waals surface area contributed by atoms with Gasteiger partial charge >= 0.3 is 0 Å². The monoisotopic (exact) mass is 212 g/mol. The van der Waals surface area contributed by atoms with Gasteiger partial charge < -0.3 is 4.74 Å². The largest absolute Gasteiger partial charge is 0.380 e. The molecule has 0 bridgehead atoms. The lowest BCUT2D eigenvalue weighted by Gasteiger charge is -2.14. The van der Waals surface area contributed by atoms with Gasteiger partial charge in [-0.3, -0.25) is 4.68 Å². The van der Waals surface area contributed by atoms with Gasteiger partial charge in [0.2, 0.25) is 0 Å². The molecular formula is C12H24N2O. The maximum absolute atomic E-state index is 5.39. The number of ether oxygens (including phenoxy) is 1. The van der Waals surface area contributed by atoms with Crippen LogP contribution in [0.1, 0.15) is 45.7 Å². The van der Waals surface area contributed by atoms with E-state index in [-0.39, 0.29) is 0 Å². The van der Waals surface area contributed by atoms with Crippen molar-refractivity contribution in [2.75, 3.05) is 13.2 Å². The first-order chi connectivity index (χ1) is 7.27. The highest BCUT2D eigenvalue weighted by molar-refractivity contribution is 5.00. The molecule has 0 aromatic carbocycles. The molecule has 1 unspecified atom stereocenters. The number of rotatable bonds is 5. The quantitative estimate of drug-likeness (QED) is 0.749. The van der Waals surface area contributed by atoms with Crippen molar-refractivity contribution in [2.45, 2.75) is 47.1 Å². The van der Waals surface area contributed by atoms with Crippen molar-refractivity contribution in [3.63, 3.8) is 0 Å². The second kappa shape index (κ2) is 8.48. The zero-order valence-electron chi connectivity index (χ0n) is 10.7. The van der Waals surface area contributed by atoms with Gasteiger partial charge in [0.1, 0.15) is 0 Å². The maximum atomic E-state index is 5.39. The predicted molar refractivity (Wildman–Crippen MR) is 64.1 cm³/mol. The van der Waals surface area contributed by atoms with E-state index in [4.69, 9.17) is 4.74 Å². The molecule has 88 valence electrons. The summed E-state index contributed by atoms with van der Waals surface area (Å²) in [4.78, 5) is 0. The van der Waals surface area contributed by atoms with Gasteiger partial charge in [0, 0.05) is 12.8 Å². The topological polar surface area (TPSA) is 27.1 Å². The van der Waals surface area contributed by atoms with Gasteiger partial charge in [-0.05, 0) is 25.8 Å². The Morgan fingerprint density at radius 3 is 2.47 bits per heavy atom. The SMILES string of the molecule is CC.CCOCC(CC)n1cc(C)cn1. The third kappa shape index (κ3) is 4.98. The van der Waals surface area contributed by atoms with E-state index in [0.29, 0.717) is 6.04 Å². The van der Waals surface area contributed by atoms with E-state index in [9.17, 15) is 0 Å². The van der Waals surface area contributed by atoms with Crippen molar-refractivity contribution < 1.29 is 4.74 Å². The fourth-order valence-electron chi connectivity index (χ4n) is 1.27. The molecule has 1 atom stereocenters. The summed E-state index contributed by atoms with van der Waals surface area (Å²) in [7, 11) is 0. The fraction of sp³-hybridized carbons (Fsp3) is 0.750. The van der Waals surface area contributed by atoms with Crippen molar-refractivity contribution in [3.8, 4) is 0 Å². The lowest BCUT2D eigenvalue weighted by atomic mass is 10.2. The molecule has 0 fully saturated rings. The first-order valence-corrected chi connectivity index (χ1v) is 5.86. The Kier molecular flexibility index (Phi) is 8.01. The Morgan fingerprint density at radius 1 is 1.40 bits per heavy atom. The summed E-state index contributed by atoms with van der Waals surface area (Å²) >= 11 is 0. The minimum absolute atomic E-state index is 0.383. The molecule has 3 heteroatoms. The number of hydrogen-bond acceptors (Lipinski definition) is 2. The van der Waals surface area contributed by atoms with Crippen LogP contribution in [0.5, 0.6) is 0 Å². The molecule has 1 heterocycles. The van der Waals surface area contributed by atoms with Crippen molar-refractivity contribution >= 4 is 0 Å². The second-order valence-corrected chi connectivity index (χ2v) is 3.22. The van der Waals surface area contributed by atoms with E-state index in [0.717, 1.165) is 19.6 Å². The van der Waals surface area contributed by atoms with Crippen LogP contribution in [0.4, 0.5) is 0 Å². The number of aryl methyl sites for hydroxylation is 1. The van der Waals surface area contributed by atoms with E-state index in [2.05, 4.69) is 25.1 Å². The van der Waals surface area contributed by atoms with Crippen LogP contribution >= 0.6 is 0 Å². The molecule has 0 amide bonds. The van der Waals surface area contributed by atoms with Crippen molar-refractivity contribution in [3.05, 3.63) is 18.0 Å². The Morgan fingerprint density at radius 2 is 2.07 bits per heavy atom. The standard InChI is InChI=1S/C10H18N2O.C2H6/c1-4-10(8-13-5-2)12-7-9(3)6-11-12;1-2/h6-7,10H,4-5,8H2,1-3H3;1-2H3. The van der Waals surface area contributed by atoms with Crippen molar-refractivity contribution in [2.24, 2.45) is 0 Å². The van der Waals surface area contributed by atoms with Gasteiger partial charge in [0.15, 0.2) is 0 Å². The van der Waals surface area contributed by atoms with Crippen LogP contribution in [0.2, 0.25) is 0 Å². The molecule has 1 aromatic rings. The molecule has 0 aliphatic rings. The highest BCUT2D eigenvalue weighted by atomic mass is 16.5. The van der Waals surface area contributed by atoms with Gasteiger partial charge in [-0.1, -0.05) is 20.8 Å². The molecule has 3 nitrogen and oxygen atoms in total. The van der Waals surface area contributed by atoms with Gasteiger partial charge in [-0.25, -0.2) is 0 Å². The molecule has 0 radical (unpaired) electrons. The molecule has 1 aromatic heterocycles. The minimum Gasteiger partial charge on any atom is -0.380 e. The van der Waals surface area contributed by atoms with Crippen LogP contribution in [0.3, 0.4) is 0 Å². The molecule has 0 spiro atoms. The summed E-state index contributed by atoms with van der Waals surface area (Å²) in [6.07, 6.45) is 5.00. The summed E-state index contributed by atoms with van der Waals surface area (Å²) in [5.41, 5.74) is 1.20. The number of aromatic nitrogens is 2. The van der Waals surface area contributed by atoms with Gasteiger partial charge in [-0.2, -0.15) is 5.10 Å². The van der Waals surface area contributed by atoms with Crippen LogP contribution in [0.25, 0.3) is 0 Å². The third-order valence-electron chi connectivity index (χ3n) is 2.09. The molecule has 0 N–H and O–H groups in total. The third-order valence-corrected chi connectivity index (χ3v) is 2.09. The summed E-state index contributed by atoms with van der Waals surface area (Å²) in [6.45, 7) is 11.8. The zero-order valence-corrected chi connectivity index (χ0v) is 10.7. The van der Waals surface area contributed by atoms with Crippen LogP contribution in [0.15, 0.2) is 12.4 Å². The normalized spacial score (nSPS) is 11.8. The average Bonchev–Trinajstić information content (AvgIpc) is 2.69. The van der Waals surface area contributed by atoms with E-state index < -0.39 is 0 Å². The number of nitrogens with zero attached hydrogens (tertiary/aromatic N) is 2. The highest BCUT2D eigenvalue weighted by Gasteiger charge is 2.08. The first-order valence-electron chi connectivity index (χ1n) is 5.86. The lowest BCUT2D eigenvalue weighted by Crippen LogP contribution is -2.15. The summed E-state index contributed by atoms with van der Waals surface area (Å²) < 4.78 is 7.38. The van der Waals surface area contributed by atoms with Crippen LogP contribution < -0.4 is 0 Å². The van der Waals surface area contributed by atoms with E-state index >= 15 is 0 Å². The molecule has 0 saturated carbocycles. The molecule has 0 aliphatic carbocycles. The summed E-state index contributed by atoms with van der Waals surface area (Å²) in [5, 5.41) is 4.28. The molecule has 1 rings (SSSR count). The fourth-order valence-corrected chi connectivity index (χ4v) is 1.27. The van der Waals surface area contributed by atoms with Crippen LogP contribution in [0, 0.1) is 6.92 Å². The van der Waals surface area contributed by atoms with Gasteiger partial charge in [0.05, 0.1) is 18.8 Å². The zero-order chi connectivity index (χ0) is 11.7. The van der Waals surface area contributed by atoms with Crippen molar-refractivity contribution in [1.82, 2.24) is 9.78 Å². The Bertz CT molecular complexity index is 246. The Balaban J connectivity index is 0.000000921. The Labute approximate surface area is 93.4 Å². The smallest absolute Gasteiger partial charge is 0.0750 e. The summed E-state index contributed by atoms with van der Waals surface area (Å²) in [5.74, 6) is 0. The molecule has 15 heavy (non-hydrogen) atoms. The van der Waals surface area contributed by atoms with E-state index in [1.165, 1.54) is 5.56 Å².